The Morgan fingerprint density at radius 2 is 1.88 bits per heavy atom. The van der Waals surface area contributed by atoms with Gasteiger partial charge in [0.25, 0.3) is 0 Å². The molecule has 0 N–H and O–H groups in total. The summed E-state index contributed by atoms with van der Waals surface area (Å²) in [5, 5.41) is 0. The monoisotopic (exact) mass is 490 g/mol. The van der Waals surface area contributed by atoms with Crippen LogP contribution >= 0.6 is 0 Å². The first kappa shape index (κ1) is 25.1. The number of morpholine rings is 1. The summed E-state index contributed by atoms with van der Waals surface area (Å²) in [6, 6.07) is 5.58. The molecule has 188 valence electrons. The second kappa shape index (κ2) is 11.2. The van der Waals surface area contributed by atoms with E-state index in [1.165, 1.54) is 23.6 Å². The minimum atomic E-state index is -3.58. The fourth-order valence-electron chi connectivity index (χ4n) is 5.31. The molecular weight excluding hydrogens is 452 g/mol. The fraction of sp³-hybridized carbons (Fsp3) is 0.680. The van der Waals surface area contributed by atoms with Crippen LogP contribution in [0.1, 0.15) is 64.6 Å². The Morgan fingerprint density at radius 1 is 1.15 bits per heavy atom. The molecule has 0 bridgehead atoms. The van der Waals surface area contributed by atoms with Gasteiger partial charge in [-0.3, -0.25) is 4.79 Å². The van der Waals surface area contributed by atoms with Gasteiger partial charge >= 0.3 is 0 Å². The van der Waals surface area contributed by atoms with E-state index >= 15 is 0 Å². The number of benzene rings is 1. The lowest BCUT2D eigenvalue weighted by Gasteiger charge is -2.33. The molecule has 9 heteroatoms. The first-order valence-electron chi connectivity index (χ1n) is 12.8. The van der Waals surface area contributed by atoms with Gasteiger partial charge in [-0.25, -0.2) is 13.4 Å². The number of carbonyl (C=O) groups excluding carboxylic acids is 1. The van der Waals surface area contributed by atoms with Crippen molar-refractivity contribution in [1.82, 2.24) is 18.8 Å². The van der Waals surface area contributed by atoms with Gasteiger partial charge in [0.1, 0.15) is 5.82 Å². The number of hydrogen-bond donors (Lipinski definition) is 0. The van der Waals surface area contributed by atoms with Crippen LogP contribution in [-0.2, 0) is 32.5 Å². The highest BCUT2D eigenvalue weighted by Crippen LogP contribution is 2.26. The summed E-state index contributed by atoms with van der Waals surface area (Å²) >= 11 is 0. The average molecular weight is 491 g/mol. The third kappa shape index (κ3) is 5.31. The van der Waals surface area contributed by atoms with Gasteiger partial charge < -0.3 is 14.2 Å². The van der Waals surface area contributed by atoms with Crippen molar-refractivity contribution in [2.75, 3.05) is 32.8 Å². The van der Waals surface area contributed by atoms with E-state index in [4.69, 9.17) is 9.72 Å². The molecule has 8 nitrogen and oxygen atoms in total. The van der Waals surface area contributed by atoms with E-state index in [2.05, 4.69) is 23.3 Å². The topological polar surface area (TPSA) is 84.7 Å². The van der Waals surface area contributed by atoms with Crippen LogP contribution in [-0.4, -0.2) is 72.0 Å². The molecule has 0 unspecified atom stereocenters. The molecule has 1 saturated heterocycles. The second-order valence-electron chi connectivity index (χ2n) is 9.32. The minimum absolute atomic E-state index is 0.195. The zero-order valence-corrected chi connectivity index (χ0v) is 21.4. The Morgan fingerprint density at radius 3 is 2.56 bits per heavy atom. The van der Waals surface area contributed by atoms with Crippen molar-refractivity contribution in [3.8, 4) is 0 Å². The maximum atomic E-state index is 13.1. The number of carbonyl (C=O) groups is 1. The summed E-state index contributed by atoms with van der Waals surface area (Å²) in [5.74, 6) is 1.05. The Balaban J connectivity index is 1.54. The van der Waals surface area contributed by atoms with E-state index < -0.39 is 10.0 Å². The second-order valence-corrected chi connectivity index (χ2v) is 11.3. The molecule has 4 rings (SSSR count). The van der Waals surface area contributed by atoms with Crippen LogP contribution < -0.4 is 0 Å². The van der Waals surface area contributed by atoms with Gasteiger partial charge in [-0.05, 0) is 44.4 Å². The number of rotatable bonds is 9. The summed E-state index contributed by atoms with van der Waals surface area (Å²) < 4.78 is 35.1. The highest BCUT2D eigenvalue weighted by Gasteiger charge is 2.28. The number of nitrogens with zero attached hydrogens (tertiary/aromatic N) is 4. The molecule has 0 radical (unpaired) electrons. The van der Waals surface area contributed by atoms with Gasteiger partial charge in [-0.2, -0.15) is 4.31 Å². The van der Waals surface area contributed by atoms with Crippen LogP contribution in [0.4, 0.5) is 0 Å². The predicted molar refractivity (Wildman–Crippen MR) is 132 cm³/mol. The first-order chi connectivity index (χ1) is 16.5. The zero-order valence-electron chi connectivity index (χ0n) is 20.5. The minimum Gasteiger partial charge on any atom is -0.379 e. The van der Waals surface area contributed by atoms with Gasteiger partial charge in [0, 0.05) is 45.1 Å². The van der Waals surface area contributed by atoms with Crippen molar-refractivity contribution >= 4 is 27.0 Å². The highest BCUT2D eigenvalue weighted by atomic mass is 32.2. The van der Waals surface area contributed by atoms with Gasteiger partial charge in [-0.1, -0.05) is 26.2 Å². The third-order valence-electron chi connectivity index (χ3n) is 7.09. The Bertz CT molecular complexity index is 1090. The largest absolute Gasteiger partial charge is 0.379 e. The van der Waals surface area contributed by atoms with E-state index in [1.54, 1.807) is 12.1 Å². The van der Waals surface area contributed by atoms with Crippen molar-refractivity contribution in [2.45, 2.75) is 82.7 Å². The van der Waals surface area contributed by atoms with E-state index in [0.29, 0.717) is 50.7 Å². The van der Waals surface area contributed by atoms with Crippen LogP contribution in [0, 0.1) is 0 Å². The van der Waals surface area contributed by atoms with Crippen molar-refractivity contribution in [3.63, 3.8) is 0 Å². The van der Waals surface area contributed by atoms with Gasteiger partial charge in [-0.15, -0.1) is 0 Å². The fourth-order valence-corrected chi connectivity index (χ4v) is 6.74. The van der Waals surface area contributed by atoms with E-state index in [0.717, 1.165) is 43.7 Å². The maximum absolute atomic E-state index is 13.1. The van der Waals surface area contributed by atoms with Gasteiger partial charge in [0.05, 0.1) is 29.1 Å². The van der Waals surface area contributed by atoms with Crippen molar-refractivity contribution < 1.29 is 17.9 Å². The molecule has 2 heterocycles. The van der Waals surface area contributed by atoms with Crippen molar-refractivity contribution in [1.29, 1.82) is 0 Å². The summed E-state index contributed by atoms with van der Waals surface area (Å²) in [6.45, 7) is 7.28. The van der Waals surface area contributed by atoms with Crippen LogP contribution in [0.15, 0.2) is 23.1 Å². The molecule has 1 amide bonds. The Kier molecular flexibility index (Phi) is 8.26. The third-order valence-corrected chi connectivity index (χ3v) is 8.99. The summed E-state index contributed by atoms with van der Waals surface area (Å²) in [4.78, 5) is 20.2. The molecule has 1 aliphatic carbocycles. The lowest BCUT2D eigenvalue weighted by Crippen LogP contribution is -2.41. The standard InChI is InChI=1S/C25H38N4O4S/c1-3-14-29-23-11-10-21(34(31,32)27-15-17-33-18-16-27)19-22(23)26-24(29)12-13-25(30)28(4-2)20-8-6-5-7-9-20/h10-11,19-20H,3-9,12-18H2,1-2H3. The number of aryl methyl sites for hydroxylation is 2. The van der Waals surface area contributed by atoms with Crippen molar-refractivity contribution in [2.24, 2.45) is 0 Å². The number of imidazole rings is 1. The molecule has 1 aliphatic heterocycles. The average Bonchev–Trinajstić information content (AvgIpc) is 3.21. The van der Waals surface area contributed by atoms with Crippen molar-refractivity contribution in [3.05, 3.63) is 24.0 Å². The van der Waals surface area contributed by atoms with Crippen LogP contribution in [0.3, 0.4) is 0 Å². The lowest BCUT2D eigenvalue weighted by atomic mass is 9.94. The predicted octanol–water partition coefficient (Wildman–Crippen LogP) is 3.58. The van der Waals surface area contributed by atoms with Crippen LogP contribution in [0.5, 0.6) is 0 Å². The van der Waals surface area contributed by atoms with Crippen LogP contribution in [0.2, 0.25) is 0 Å². The molecule has 1 saturated carbocycles. The molecule has 0 spiro atoms. The number of hydrogen-bond acceptors (Lipinski definition) is 5. The molecule has 1 aromatic heterocycles. The van der Waals surface area contributed by atoms with Crippen LogP contribution in [0.25, 0.3) is 11.0 Å². The quantitative estimate of drug-likeness (QED) is 0.536. The first-order valence-corrected chi connectivity index (χ1v) is 14.3. The molecule has 1 aromatic carbocycles. The smallest absolute Gasteiger partial charge is 0.243 e. The zero-order chi connectivity index (χ0) is 24.1. The molecular formula is C25H38N4O4S. The SMILES string of the molecule is CCCn1c(CCC(=O)N(CC)C2CCCCC2)nc2cc(S(=O)(=O)N3CCOCC3)ccc21. The van der Waals surface area contributed by atoms with E-state index in [-0.39, 0.29) is 10.8 Å². The highest BCUT2D eigenvalue weighted by molar-refractivity contribution is 7.89. The Hall–Kier alpha value is -1.97. The summed E-state index contributed by atoms with van der Waals surface area (Å²) in [5.41, 5.74) is 1.59. The summed E-state index contributed by atoms with van der Waals surface area (Å²) in [7, 11) is -3.58. The Labute approximate surface area is 203 Å². The molecule has 34 heavy (non-hydrogen) atoms. The maximum Gasteiger partial charge on any atom is 0.243 e. The number of aromatic nitrogens is 2. The number of amides is 1. The number of sulfonamides is 1. The molecule has 2 aliphatic rings. The summed E-state index contributed by atoms with van der Waals surface area (Å²) in [6.07, 6.45) is 7.81. The lowest BCUT2D eigenvalue weighted by molar-refractivity contribution is -0.133. The number of fused-ring (bicyclic) bond motifs is 1. The van der Waals surface area contributed by atoms with E-state index in [1.807, 2.05) is 6.07 Å². The molecule has 0 atom stereocenters. The molecule has 2 fully saturated rings. The normalized spacial score (nSPS) is 18.4. The molecule has 2 aromatic rings. The van der Waals surface area contributed by atoms with Gasteiger partial charge in [0.2, 0.25) is 15.9 Å². The number of ether oxygens (including phenoxy) is 1. The van der Waals surface area contributed by atoms with Gasteiger partial charge in [0.15, 0.2) is 0 Å². The van der Waals surface area contributed by atoms with E-state index in [9.17, 15) is 13.2 Å².